The third kappa shape index (κ3) is 4.87. The van der Waals surface area contributed by atoms with Crippen molar-refractivity contribution in [3.8, 4) is 11.9 Å². The summed E-state index contributed by atoms with van der Waals surface area (Å²) in [6, 6.07) is 10.3. The van der Waals surface area contributed by atoms with Crippen LogP contribution in [0.1, 0.15) is 53.9 Å². The van der Waals surface area contributed by atoms with E-state index < -0.39 is 18.0 Å². The number of aromatic nitrogens is 5. The molecule has 9 nitrogen and oxygen atoms in total. The van der Waals surface area contributed by atoms with Gasteiger partial charge in [-0.1, -0.05) is 23.7 Å². The zero-order valence-corrected chi connectivity index (χ0v) is 20.8. The number of alkyl halides is 2. The first-order chi connectivity index (χ1) is 18.4. The number of amides is 1. The van der Waals surface area contributed by atoms with Crippen LogP contribution in [0.3, 0.4) is 0 Å². The summed E-state index contributed by atoms with van der Waals surface area (Å²) in [5.74, 6) is -0.294. The van der Waals surface area contributed by atoms with E-state index in [0.717, 1.165) is 24.6 Å². The summed E-state index contributed by atoms with van der Waals surface area (Å²) in [6.45, 7) is 0.447. The van der Waals surface area contributed by atoms with Crippen LogP contribution in [-0.4, -0.2) is 36.0 Å². The van der Waals surface area contributed by atoms with Crippen molar-refractivity contribution in [1.82, 2.24) is 29.4 Å². The highest BCUT2D eigenvalue weighted by Gasteiger charge is 2.27. The number of nitrogens with zero attached hydrogens (tertiary/aromatic N) is 6. The maximum Gasteiger partial charge on any atom is 0.335 e. The fourth-order valence-corrected chi connectivity index (χ4v) is 5.14. The summed E-state index contributed by atoms with van der Waals surface area (Å²) in [5, 5.41) is 12.4. The van der Waals surface area contributed by atoms with Crippen LogP contribution in [0.5, 0.6) is 0 Å². The second-order valence-electron chi connectivity index (χ2n) is 9.14. The Hall–Kier alpha value is -4.17. The lowest BCUT2D eigenvalue weighted by molar-refractivity contribution is 0.0904. The molecule has 0 bridgehead atoms. The molecule has 194 valence electrons. The summed E-state index contributed by atoms with van der Waals surface area (Å²) in [6.07, 6.45) is 3.75. The first-order valence-corrected chi connectivity index (χ1v) is 12.4. The molecule has 1 aliphatic carbocycles. The second kappa shape index (κ2) is 10.7. The molecular formula is C26H22ClF2N7O2. The van der Waals surface area contributed by atoms with Crippen molar-refractivity contribution in [2.24, 2.45) is 5.92 Å². The zero-order valence-electron chi connectivity index (χ0n) is 20.0. The lowest BCUT2D eigenvalue weighted by Gasteiger charge is -2.29. The highest BCUT2D eigenvalue weighted by Crippen LogP contribution is 2.29. The maximum atomic E-state index is 13.5. The Morgan fingerprint density at radius 1 is 1.13 bits per heavy atom. The van der Waals surface area contributed by atoms with Crippen LogP contribution in [0.2, 0.25) is 5.02 Å². The summed E-state index contributed by atoms with van der Waals surface area (Å²) in [7, 11) is 0. The van der Waals surface area contributed by atoms with E-state index in [1.54, 1.807) is 10.6 Å². The molecule has 38 heavy (non-hydrogen) atoms. The average Bonchev–Trinajstić information content (AvgIpc) is 3.20. The topological polar surface area (TPSA) is 118 Å². The van der Waals surface area contributed by atoms with E-state index in [1.807, 2.05) is 24.3 Å². The Kier molecular flexibility index (Phi) is 7.15. The molecule has 0 spiro atoms. The predicted molar refractivity (Wildman–Crippen MR) is 135 cm³/mol. The summed E-state index contributed by atoms with van der Waals surface area (Å²) in [5.41, 5.74) is 0.259. The van der Waals surface area contributed by atoms with Gasteiger partial charge in [-0.2, -0.15) is 5.26 Å². The first-order valence-electron chi connectivity index (χ1n) is 12.0. The number of halogens is 3. The van der Waals surface area contributed by atoms with Gasteiger partial charge in [0.2, 0.25) is 0 Å². The van der Waals surface area contributed by atoms with Crippen molar-refractivity contribution in [1.29, 1.82) is 5.26 Å². The Morgan fingerprint density at radius 2 is 1.84 bits per heavy atom. The second-order valence-corrected chi connectivity index (χ2v) is 9.57. The smallest absolute Gasteiger partial charge is 0.335 e. The number of benzene rings is 1. The van der Waals surface area contributed by atoms with Crippen molar-refractivity contribution >= 4 is 28.5 Å². The average molecular weight is 538 g/mol. The van der Waals surface area contributed by atoms with Gasteiger partial charge in [0.15, 0.2) is 11.5 Å². The summed E-state index contributed by atoms with van der Waals surface area (Å²) >= 11 is 5.88. The SMILES string of the molecule is N#Cc1nccnc1-n1c(=O)n(CC2CCC(NC(=O)c3cc(Cl)cnc3C(F)F)CC2)c2ccccc21. The monoisotopic (exact) mass is 537 g/mol. The molecule has 4 aromatic rings. The minimum Gasteiger partial charge on any atom is -0.349 e. The molecule has 3 heterocycles. The van der Waals surface area contributed by atoms with Crippen molar-refractivity contribution in [2.75, 3.05) is 0 Å². The largest absolute Gasteiger partial charge is 0.349 e. The van der Waals surface area contributed by atoms with E-state index in [4.69, 9.17) is 11.6 Å². The maximum absolute atomic E-state index is 13.5. The van der Waals surface area contributed by atoms with E-state index in [2.05, 4.69) is 20.3 Å². The lowest BCUT2D eigenvalue weighted by Crippen LogP contribution is -2.39. The highest BCUT2D eigenvalue weighted by molar-refractivity contribution is 6.30. The molecule has 0 atom stereocenters. The lowest BCUT2D eigenvalue weighted by atomic mass is 9.85. The van der Waals surface area contributed by atoms with Gasteiger partial charge in [0, 0.05) is 31.2 Å². The van der Waals surface area contributed by atoms with Crippen LogP contribution in [0.25, 0.3) is 16.9 Å². The normalized spacial score (nSPS) is 17.4. The van der Waals surface area contributed by atoms with Crippen molar-refractivity contribution in [3.63, 3.8) is 0 Å². The fraction of sp³-hybridized carbons (Fsp3) is 0.308. The molecule has 1 amide bonds. The van der Waals surface area contributed by atoms with Crippen LogP contribution in [-0.2, 0) is 6.54 Å². The number of rotatable bonds is 6. The van der Waals surface area contributed by atoms with E-state index in [9.17, 15) is 23.6 Å². The molecule has 3 aromatic heterocycles. The van der Waals surface area contributed by atoms with Crippen LogP contribution in [0.15, 0.2) is 53.7 Å². The summed E-state index contributed by atoms with van der Waals surface area (Å²) < 4.78 is 29.7. The Bertz CT molecular complexity index is 1600. The minimum atomic E-state index is -2.89. The molecule has 1 saturated carbocycles. The fourth-order valence-electron chi connectivity index (χ4n) is 4.98. The molecule has 1 aliphatic rings. The predicted octanol–water partition coefficient (Wildman–Crippen LogP) is 4.43. The van der Waals surface area contributed by atoms with Gasteiger partial charge in [-0.3, -0.25) is 14.3 Å². The number of nitrogens with one attached hydrogen (secondary N) is 1. The molecule has 1 fully saturated rings. The zero-order chi connectivity index (χ0) is 26.8. The van der Waals surface area contributed by atoms with Crippen molar-refractivity contribution in [2.45, 2.75) is 44.7 Å². The standard InChI is InChI=1S/C26H22ClF2N7O2/c27-16-11-18(22(23(28)29)33-13-16)25(37)34-17-7-5-15(6-8-17)14-35-20-3-1-2-4-21(20)36(26(35)38)24-19(12-30)31-9-10-32-24/h1-4,9-11,13,15,17,23H,5-8,14H2,(H,34,37). The number of carbonyl (C=O) groups is 1. The molecule has 12 heteroatoms. The Morgan fingerprint density at radius 3 is 2.55 bits per heavy atom. The van der Waals surface area contributed by atoms with Gasteiger partial charge in [-0.25, -0.2) is 28.1 Å². The van der Waals surface area contributed by atoms with Crippen LogP contribution in [0.4, 0.5) is 8.78 Å². The molecule has 0 aliphatic heterocycles. The number of pyridine rings is 1. The molecule has 1 N–H and O–H groups in total. The third-order valence-electron chi connectivity index (χ3n) is 6.79. The minimum absolute atomic E-state index is 0.0543. The van der Waals surface area contributed by atoms with Gasteiger partial charge in [0.1, 0.15) is 11.8 Å². The van der Waals surface area contributed by atoms with Gasteiger partial charge < -0.3 is 5.32 Å². The number of hydrogen-bond acceptors (Lipinski definition) is 6. The number of para-hydroxylation sites is 2. The molecule has 0 saturated heterocycles. The Labute approximate surface area is 220 Å². The van der Waals surface area contributed by atoms with E-state index in [0.29, 0.717) is 24.9 Å². The van der Waals surface area contributed by atoms with Gasteiger partial charge in [0.05, 0.1) is 21.6 Å². The van der Waals surface area contributed by atoms with Gasteiger partial charge in [-0.15, -0.1) is 0 Å². The number of fused-ring (bicyclic) bond motifs is 1. The van der Waals surface area contributed by atoms with Crippen molar-refractivity contribution in [3.05, 3.63) is 81.4 Å². The van der Waals surface area contributed by atoms with Gasteiger partial charge in [0.25, 0.3) is 12.3 Å². The van der Waals surface area contributed by atoms with Crippen molar-refractivity contribution < 1.29 is 13.6 Å². The van der Waals surface area contributed by atoms with E-state index in [1.165, 1.54) is 23.0 Å². The first kappa shape index (κ1) is 25.5. The number of nitriles is 1. The molecule has 5 rings (SSSR count). The third-order valence-corrected chi connectivity index (χ3v) is 7.00. The van der Waals surface area contributed by atoms with E-state index >= 15 is 0 Å². The summed E-state index contributed by atoms with van der Waals surface area (Å²) in [4.78, 5) is 38.1. The number of hydrogen-bond donors (Lipinski definition) is 1. The highest BCUT2D eigenvalue weighted by atomic mass is 35.5. The Balaban J connectivity index is 1.32. The van der Waals surface area contributed by atoms with Gasteiger partial charge >= 0.3 is 5.69 Å². The number of carbonyl (C=O) groups excluding carboxylic acids is 1. The molecule has 0 unspecified atom stereocenters. The quantitative estimate of drug-likeness (QED) is 0.389. The van der Waals surface area contributed by atoms with Gasteiger partial charge in [-0.05, 0) is 49.8 Å². The number of imidazole rings is 1. The van der Waals surface area contributed by atoms with Crippen LogP contribution >= 0.6 is 11.6 Å². The van der Waals surface area contributed by atoms with Crippen LogP contribution in [0, 0.1) is 17.2 Å². The van der Waals surface area contributed by atoms with E-state index in [-0.39, 0.29) is 39.7 Å². The molecule has 1 aromatic carbocycles. The molecule has 0 radical (unpaired) electrons. The van der Waals surface area contributed by atoms with Crippen LogP contribution < -0.4 is 11.0 Å². The molecular weight excluding hydrogens is 516 g/mol.